The molecule has 1 aromatic carbocycles. The predicted octanol–water partition coefficient (Wildman–Crippen LogP) is 3.64. The van der Waals surface area contributed by atoms with Crippen LogP contribution in [0.1, 0.15) is 29.8 Å². The van der Waals surface area contributed by atoms with Gasteiger partial charge in [-0.2, -0.15) is 0 Å². The van der Waals surface area contributed by atoms with Crippen molar-refractivity contribution in [1.82, 2.24) is 4.98 Å². The smallest absolute Gasteiger partial charge is 0.219 e. The standard InChI is InChI=1S/C15H15NO2/c1-3-12-6-4-5-7-14(12)18-15-10-13(11(2)17)8-9-16-15/h4-10H,3H2,1-2H3. The molecule has 0 aliphatic carbocycles. The molecule has 1 aromatic heterocycles. The first-order chi connectivity index (χ1) is 8.70. The Balaban J connectivity index is 2.28. The fraction of sp³-hybridized carbons (Fsp3) is 0.200. The van der Waals surface area contributed by atoms with Crippen LogP contribution in [0.15, 0.2) is 42.6 Å². The molecule has 0 unspecified atom stereocenters. The van der Waals surface area contributed by atoms with E-state index in [0.29, 0.717) is 11.4 Å². The summed E-state index contributed by atoms with van der Waals surface area (Å²) in [5.41, 5.74) is 1.72. The molecule has 3 nitrogen and oxygen atoms in total. The molecule has 0 N–H and O–H groups in total. The van der Waals surface area contributed by atoms with Gasteiger partial charge in [-0.25, -0.2) is 4.98 Å². The molecule has 92 valence electrons. The lowest BCUT2D eigenvalue weighted by atomic mass is 10.1. The zero-order chi connectivity index (χ0) is 13.0. The number of aromatic nitrogens is 1. The highest BCUT2D eigenvalue weighted by atomic mass is 16.5. The minimum Gasteiger partial charge on any atom is -0.439 e. The van der Waals surface area contributed by atoms with Crippen LogP contribution >= 0.6 is 0 Å². The second-order valence-corrected chi connectivity index (χ2v) is 4.00. The van der Waals surface area contributed by atoms with Crippen LogP contribution in [-0.4, -0.2) is 10.8 Å². The zero-order valence-electron chi connectivity index (χ0n) is 10.5. The summed E-state index contributed by atoms with van der Waals surface area (Å²) < 4.78 is 5.73. The van der Waals surface area contributed by atoms with Crippen LogP contribution < -0.4 is 4.74 Å². The average Bonchev–Trinajstić information content (AvgIpc) is 2.39. The summed E-state index contributed by atoms with van der Waals surface area (Å²) in [7, 11) is 0. The van der Waals surface area contributed by atoms with Crippen molar-refractivity contribution in [1.29, 1.82) is 0 Å². The van der Waals surface area contributed by atoms with E-state index >= 15 is 0 Å². The van der Waals surface area contributed by atoms with E-state index in [2.05, 4.69) is 11.9 Å². The van der Waals surface area contributed by atoms with Gasteiger partial charge in [0.15, 0.2) is 5.78 Å². The van der Waals surface area contributed by atoms with Crippen LogP contribution in [0.5, 0.6) is 11.6 Å². The van der Waals surface area contributed by atoms with Gasteiger partial charge in [0.1, 0.15) is 5.75 Å². The van der Waals surface area contributed by atoms with Crippen LogP contribution in [0.2, 0.25) is 0 Å². The third kappa shape index (κ3) is 2.74. The summed E-state index contributed by atoms with van der Waals surface area (Å²) in [6.07, 6.45) is 2.48. The highest BCUT2D eigenvalue weighted by Gasteiger charge is 2.06. The highest BCUT2D eigenvalue weighted by Crippen LogP contribution is 2.24. The molecule has 0 spiro atoms. The predicted molar refractivity (Wildman–Crippen MR) is 70.1 cm³/mol. The van der Waals surface area contributed by atoms with Crippen molar-refractivity contribution < 1.29 is 9.53 Å². The van der Waals surface area contributed by atoms with Crippen molar-refractivity contribution in [2.24, 2.45) is 0 Å². The Kier molecular flexibility index (Phi) is 3.72. The number of Topliss-reactive ketones (excluding diaryl/α,β-unsaturated/α-hetero) is 1. The quantitative estimate of drug-likeness (QED) is 0.767. The maximum atomic E-state index is 11.3. The number of hydrogen-bond acceptors (Lipinski definition) is 3. The summed E-state index contributed by atoms with van der Waals surface area (Å²) in [5, 5.41) is 0. The Hall–Kier alpha value is -2.16. The van der Waals surface area contributed by atoms with E-state index in [1.165, 1.54) is 6.92 Å². The Labute approximate surface area is 106 Å². The number of aryl methyl sites for hydroxylation is 1. The van der Waals surface area contributed by atoms with Crippen molar-refractivity contribution in [3.05, 3.63) is 53.7 Å². The fourth-order valence-electron chi connectivity index (χ4n) is 1.69. The van der Waals surface area contributed by atoms with Gasteiger partial charge in [-0.05, 0) is 31.0 Å². The normalized spacial score (nSPS) is 10.1. The molecule has 0 bridgehead atoms. The number of nitrogens with zero attached hydrogens (tertiary/aromatic N) is 1. The molecule has 0 fully saturated rings. The van der Waals surface area contributed by atoms with Crippen LogP contribution in [0.3, 0.4) is 0 Å². The molecule has 0 aliphatic rings. The summed E-state index contributed by atoms with van der Waals surface area (Å²) in [4.78, 5) is 15.4. The number of benzene rings is 1. The lowest BCUT2D eigenvalue weighted by molar-refractivity contribution is 0.101. The highest BCUT2D eigenvalue weighted by molar-refractivity contribution is 5.94. The fourth-order valence-corrected chi connectivity index (χ4v) is 1.69. The largest absolute Gasteiger partial charge is 0.439 e. The zero-order valence-corrected chi connectivity index (χ0v) is 10.5. The third-order valence-electron chi connectivity index (χ3n) is 2.71. The molecule has 2 rings (SSSR count). The Morgan fingerprint density at radius 3 is 2.78 bits per heavy atom. The molecule has 1 heterocycles. The minimum absolute atomic E-state index is 0.00558. The van der Waals surface area contributed by atoms with E-state index in [0.717, 1.165) is 17.7 Å². The molecule has 0 saturated carbocycles. The van der Waals surface area contributed by atoms with Crippen molar-refractivity contribution in [2.75, 3.05) is 0 Å². The third-order valence-corrected chi connectivity index (χ3v) is 2.71. The summed E-state index contributed by atoms with van der Waals surface area (Å²) in [6, 6.07) is 11.2. The second kappa shape index (κ2) is 5.45. The van der Waals surface area contributed by atoms with E-state index in [-0.39, 0.29) is 5.78 Å². The van der Waals surface area contributed by atoms with Gasteiger partial charge in [0.05, 0.1) is 0 Å². The molecule has 0 atom stereocenters. The average molecular weight is 241 g/mol. The van der Waals surface area contributed by atoms with Crippen LogP contribution in [0, 0.1) is 0 Å². The van der Waals surface area contributed by atoms with Crippen molar-refractivity contribution >= 4 is 5.78 Å². The van der Waals surface area contributed by atoms with Gasteiger partial charge in [0, 0.05) is 17.8 Å². The Bertz CT molecular complexity index is 564. The molecular weight excluding hydrogens is 226 g/mol. The minimum atomic E-state index is 0.00558. The van der Waals surface area contributed by atoms with Gasteiger partial charge in [0.25, 0.3) is 0 Å². The Morgan fingerprint density at radius 1 is 1.28 bits per heavy atom. The first kappa shape index (κ1) is 12.3. The number of carbonyl (C=O) groups is 1. The molecule has 0 amide bonds. The second-order valence-electron chi connectivity index (χ2n) is 4.00. The molecule has 0 radical (unpaired) electrons. The molecule has 18 heavy (non-hydrogen) atoms. The van der Waals surface area contributed by atoms with Gasteiger partial charge in [-0.15, -0.1) is 0 Å². The summed E-state index contributed by atoms with van der Waals surface area (Å²) in [5.74, 6) is 1.24. The van der Waals surface area contributed by atoms with E-state index in [4.69, 9.17) is 4.74 Å². The molecule has 2 aromatic rings. The summed E-state index contributed by atoms with van der Waals surface area (Å²) in [6.45, 7) is 3.60. The van der Waals surface area contributed by atoms with Gasteiger partial charge in [-0.1, -0.05) is 25.1 Å². The van der Waals surface area contributed by atoms with Crippen molar-refractivity contribution in [3.63, 3.8) is 0 Å². The van der Waals surface area contributed by atoms with E-state index in [9.17, 15) is 4.79 Å². The number of carbonyl (C=O) groups excluding carboxylic acids is 1. The van der Waals surface area contributed by atoms with Crippen LogP contribution in [-0.2, 0) is 6.42 Å². The molecule has 3 heteroatoms. The lowest BCUT2D eigenvalue weighted by Gasteiger charge is -2.09. The van der Waals surface area contributed by atoms with Crippen molar-refractivity contribution in [2.45, 2.75) is 20.3 Å². The van der Waals surface area contributed by atoms with Gasteiger partial charge < -0.3 is 4.74 Å². The molecular formula is C15H15NO2. The lowest BCUT2D eigenvalue weighted by Crippen LogP contribution is -1.96. The number of pyridine rings is 1. The number of rotatable bonds is 4. The maximum Gasteiger partial charge on any atom is 0.219 e. The first-order valence-electron chi connectivity index (χ1n) is 5.93. The molecule has 0 aliphatic heterocycles. The van der Waals surface area contributed by atoms with E-state index in [1.807, 2.05) is 24.3 Å². The number of hydrogen-bond donors (Lipinski definition) is 0. The first-order valence-corrected chi connectivity index (χ1v) is 5.93. The van der Waals surface area contributed by atoms with Gasteiger partial charge in [-0.3, -0.25) is 4.79 Å². The SMILES string of the molecule is CCc1ccccc1Oc1cc(C(C)=O)ccn1. The monoisotopic (exact) mass is 241 g/mol. The van der Waals surface area contributed by atoms with Crippen LogP contribution in [0.4, 0.5) is 0 Å². The van der Waals surface area contributed by atoms with Gasteiger partial charge in [0.2, 0.25) is 5.88 Å². The number of ether oxygens (including phenoxy) is 1. The van der Waals surface area contributed by atoms with Crippen LogP contribution in [0.25, 0.3) is 0 Å². The van der Waals surface area contributed by atoms with Crippen molar-refractivity contribution in [3.8, 4) is 11.6 Å². The maximum absolute atomic E-state index is 11.3. The Morgan fingerprint density at radius 2 is 2.06 bits per heavy atom. The summed E-state index contributed by atoms with van der Waals surface area (Å²) >= 11 is 0. The van der Waals surface area contributed by atoms with E-state index < -0.39 is 0 Å². The van der Waals surface area contributed by atoms with Gasteiger partial charge >= 0.3 is 0 Å². The van der Waals surface area contributed by atoms with E-state index in [1.54, 1.807) is 18.3 Å². The topological polar surface area (TPSA) is 39.2 Å². The number of para-hydroxylation sites is 1. The molecule has 0 saturated heterocycles. The number of ketones is 1.